The average molecular weight is 421 g/mol. The highest BCUT2D eigenvalue weighted by atomic mass is 32.1. The Kier molecular flexibility index (Phi) is 5.63. The Hall–Kier alpha value is -3.45. The van der Waals surface area contributed by atoms with E-state index in [4.69, 9.17) is 0 Å². The summed E-state index contributed by atoms with van der Waals surface area (Å²) >= 11 is 1.52. The molecule has 4 aromatic rings. The second-order valence-electron chi connectivity index (χ2n) is 7.01. The maximum atomic E-state index is 14.0. The van der Waals surface area contributed by atoms with Crippen molar-refractivity contribution in [2.45, 2.75) is 20.0 Å². The molecule has 152 valence electrons. The van der Waals surface area contributed by atoms with Gasteiger partial charge < -0.3 is 15.2 Å². The number of thiophene rings is 1. The monoisotopic (exact) mass is 421 g/mol. The predicted molar refractivity (Wildman–Crippen MR) is 118 cm³/mol. The number of H-pyrrole nitrogens is 1. The van der Waals surface area contributed by atoms with Crippen molar-refractivity contribution in [3.8, 4) is 0 Å². The minimum Gasteiger partial charge on any atom is -0.321 e. The van der Waals surface area contributed by atoms with E-state index in [1.54, 1.807) is 18.2 Å². The number of fused-ring (bicyclic) bond motifs is 1. The van der Waals surface area contributed by atoms with Crippen LogP contribution in [0, 0.1) is 12.7 Å². The highest BCUT2D eigenvalue weighted by Crippen LogP contribution is 2.19. The number of pyridine rings is 1. The van der Waals surface area contributed by atoms with Gasteiger partial charge in [0.1, 0.15) is 5.82 Å². The van der Waals surface area contributed by atoms with E-state index in [2.05, 4.69) is 10.3 Å². The molecule has 0 spiro atoms. The fourth-order valence-corrected chi connectivity index (χ4v) is 4.02. The lowest BCUT2D eigenvalue weighted by Crippen LogP contribution is -2.35. The van der Waals surface area contributed by atoms with Crippen molar-refractivity contribution >= 4 is 34.0 Å². The van der Waals surface area contributed by atoms with Gasteiger partial charge in [0.2, 0.25) is 0 Å². The Morgan fingerprint density at radius 2 is 1.93 bits per heavy atom. The van der Waals surface area contributed by atoms with Crippen molar-refractivity contribution in [3.63, 3.8) is 0 Å². The van der Waals surface area contributed by atoms with Crippen LogP contribution in [0.15, 0.2) is 70.8 Å². The molecule has 2 N–H and O–H groups in total. The standard InChI is InChI=1S/C23H20FN3O2S/c1-15-6-4-7-16-12-17(22(28)26-21(15)16)13-27(14-18-8-5-11-30-18)23(29)25-20-10-3-2-9-19(20)24/h2-12H,13-14H2,1H3,(H,25,29)(H,26,28). The second kappa shape index (κ2) is 8.51. The number of benzene rings is 2. The zero-order chi connectivity index (χ0) is 21.1. The van der Waals surface area contributed by atoms with Gasteiger partial charge in [0.25, 0.3) is 5.56 Å². The van der Waals surface area contributed by atoms with Crippen LogP contribution < -0.4 is 10.9 Å². The Bertz CT molecular complexity index is 1250. The third-order valence-corrected chi connectivity index (χ3v) is 5.72. The molecule has 0 aliphatic heterocycles. The minimum absolute atomic E-state index is 0.0946. The number of aryl methyl sites for hydroxylation is 1. The summed E-state index contributed by atoms with van der Waals surface area (Å²) in [6.45, 7) is 2.34. The van der Waals surface area contributed by atoms with E-state index in [9.17, 15) is 14.0 Å². The van der Waals surface area contributed by atoms with Crippen LogP contribution in [-0.4, -0.2) is 15.9 Å². The van der Waals surface area contributed by atoms with Gasteiger partial charge in [0, 0.05) is 10.4 Å². The first-order chi connectivity index (χ1) is 14.5. The fraction of sp³-hybridized carbons (Fsp3) is 0.130. The molecule has 0 bridgehead atoms. The van der Waals surface area contributed by atoms with Gasteiger partial charge in [0.05, 0.1) is 24.3 Å². The zero-order valence-electron chi connectivity index (χ0n) is 16.3. The van der Waals surface area contributed by atoms with Gasteiger partial charge in [-0.3, -0.25) is 4.79 Å². The lowest BCUT2D eigenvalue weighted by Gasteiger charge is -2.23. The van der Waals surface area contributed by atoms with E-state index in [1.807, 2.05) is 42.6 Å². The topological polar surface area (TPSA) is 65.2 Å². The van der Waals surface area contributed by atoms with E-state index < -0.39 is 11.8 Å². The number of rotatable bonds is 5. The molecule has 2 aromatic heterocycles. The first-order valence-corrected chi connectivity index (χ1v) is 10.3. The van der Waals surface area contributed by atoms with E-state index in [0.717, 1.165) is 21.3 Å². The highest BCUT2D eigenvalue weighted by molar-refractivity contribution is 7.09. The maximum absolute atomic E-state index is 14.0. The molecule has 0 unspecified atom stereocenters. The van der Waals surface area contributed by atoms with Gasteiger partial charge in [0.15, 0.2) is 0 Å². The number of para-hydroxylation sites is 2. The molecular formula is C23H20FN3O2S. The van der Waals surface area contributed by atoms with Gasteiger partial charge in [-0.1, -0.05) is 36.4 Å². The SMILES string of the molecule is Cc1cccc2cc(CN(Cc3cccs3)C(=O)Nc3ccccc3F)c(=O)[nH]c12. The number of hydrogen-bond donors (Lipinski definition) is 2. The van der Waals surface area contributed by atoms with Crippen molar-refractivity contribution < 1.29 is 9.18 Å². The summed E-state index contributed by atoms with van der Waals surface area (Å²) in [5.74, 6) is -0.513. The molecule has 0 saturated carbocycles. The molecule has 0 fully saturated rings. The summed E-state index contributed by atoms with van der Waals surface area (Å²) in [5.41, 5.74) is 2.08. The number of halogens is 1. The molecule has 0 aliphatic carbocycles. The fourth-order valence-electron chi connectivity index (χ4n) is 3.30. The van der Waals surface area contributed by atoms with Crippen molar-refractivity contribution in [2.24, 2.45) is 0 Å². The Morgan fingerprint density at radius 3 is 2.70 bits per heavy atom. The molecule has 0 radical (unpaired) electrons. The second-order valence-corrected chi connectivity index (χ2v) is 8.04. The molecule has 5 nitrogen and oxygen atoms in total. The van der Waals surface area contributed by atoms with Crippen LogP contribution in [0.1, 0.15) is 16.0 Å². The summed E-state index contributed by atoms with van der Waals surface area (Å²) in [6, 6.07) is 16.9. The van der Waals surface area contributed by atoms with Gasteiger partial charge in [-0.25, -0.2) is 9.18 Å². The van der Waals surface area contributed by atoms with Crippen molar-refractivity contribution in [1.82, 2.24) is 9.88 Å². The van der Waals surface area contributed by atoms with E-state index >= 15 is 0 Å². The van der Waals surface area contributed by atoms with Gasteiger partial charge in [-0.05, 0) is 47.5 Å². The lowest BCUT2D eigenvalue weighted by atomic mass is 10.1. The lowest BCUT2D eigenvalue weighted by molar-refractivity contribution is 0.206. The summed E-state index contributed by atoms with van der Waals surface area (Å²) in [5, 5.41) is 5.44. The summed E-state index contributed by atoms with van der Waals surface area (Å²) < 4.78 is 14.0. The number of carbonyl (C=O) groups is 1. The van der Waals surface area contributed by atoms with Crippen molar-refractivity contribution in [1.29, 1.82) is 0 Å². The summed E-state index contributed by atoms with van der Waals surface area (Å²) in [6.07, 6.45) is 0. The molecular weight excluding hydrogens is 401 g/mol. The Morgan fingerprint density at radius 1 is 1.10 bits per heavy atom. The molecule has 4 rings (SSSR count). The highest BCUT2D eigenvalue weighted by Gasteiger charge is 2.18. The number of aromatic amines is 1. The van der Waals surface area contributed by atoms with Crippen LogP contribution in [-0.2, 0) is 13.1 Å². The normalized spacial score (nSPS) is 10.9. The predicted octanol–water partition coefficient (Wildman–Crippen LogP) is 5.27. The van der Waals surface area contributed by atoms with Gasteiger partial charge >= 0.3 is 6.03 Å². The van der Waals surface area contributed by atoms with Crippen LogP contribution >= 0.6 is 11.3 Å². The first-order valence-electron chi connectivity index (χ1n) is 9.45. The third kappa shape index (κ3) is 4.26. The molecule has 30 heavy (non-hydrogen) atoms. The Labute approximate surface area is 176 Å². The summed E-state index contributed by atoms with van der Waals surface area (Å²) in [7, 11) is 0. The van der Waals surface area contributed by atoms with Crippen molar-refractivity contribution in [2.75, 3.05) is 5.32 Å². The van der Waals surface area contributed by atoms with Crippen LogP contribution in [0.5, 0.6) is 0 Å². The molecule has 0 saturated heterocycles. The number of carbonyl (C=O) groups excluding carboxylic acids is 1. The molecule has 0 atom stereocenters. The quantitative estimate of drug-likeness (QED) is 0.461. The number of nitrogens with one attached hydrogen (secondary N) is 2. The van der Waals surface area contributed by atoms with E-state index in [-0.39, 0.29) is 17.8 Å². The minimum atomic E-state index is -0.513. The number of aromatic nitrogens is 1. The van der Waals surface area contributed by atoms with E-state index in [1.165, 1.54) is 28.4 Å². The van der Waals surface area contributed by atoms with Gasteiger partial charge in [-0.2, -0.15) is 0 Å². The number of anilines is 1. The van der Waals surface area contributed by atoms with Gasteiger partial charge in [-0.15, -0.1) is 11.3 Å². The Balaban J connectivity index is 1.65. The maximum Gasteiger partial charge on any atom is 0.322 e. The molecule has 2 aromatic carbocycles. The number of hydrogen-bond acceptors (Lipinski definition) is 3. The molecule has 0 aliphatic rings. The smallest absolute Gasteiger partial charge is 0.321 e. The molecule has 2 amide bonds. The van der Waals surface area contributed by atoms with Crippen LogP contribution in [0.3, 0.4) is 0 Å². The number of urea groups is 1. The third-order valence-electron chi connectivity index (χ3n) is 4.86. The number of nitrogens with zero attached hydrogens (tertiary/aromatic N) is 1. The van der Waals surface area contributed by atoms with Crippen molar-refractivity contribution in [3.05, 3.63) is 98.2 Å². The van der Waals surface area contributed by atoms with E-state index in [0.29, 0.717) is 12.1 Å². The molecule has 2 heterocycles. The van der Waals surface area contributed by atoms with Crippen LogP contribution in [0.25, 0.3) is 10.9 Å². The largest absolute Gasteiger partial charge is 0.322 e. The average Bonchev–Trinajstić information content (AvgIpc) is 3.24. The summed E-state index contributed by atoms with van der Waals surface area (Å²) in [4.78, 5) is 31.0. The molecule has 7 heteroatoms. The van der Waals surface area contributed by atoms with Crippen LogP contribution in [0.4, 0.5) is 14.9 Å². The zero-order valence-corrected chi connectivity index (χ0v) is 17.1. The first kappa shape index (κ1) is 19.8. The van der Waals surface area contributed by atoms with Crippen LogP contribution in [0.2, 0.25) is 0 Å². The number of amides is 2.